The van der Waals surface area contributed by atoms with Crippen molar-refractivity contribution < 1.29 is 4.74 Å². The van der Waals surface area contributed by atoms with Gasteiger partial charge in [-0.1, -0.05) is 59.1 Å². The summed E-state index contributed by atoms with van der Waals surface area (Å²) in [6.07, 6.45) is 0.847. The molecule has 0 aliphatic rings. The van der Waals surface area contributed by atoms with Crippen LogP contribution in [-0.4, -0.2) is 6.54 Å². The van der Waals surface area contributed by atoms with Gasteiger partial charge in [0.05, 0.1) is 4.47 Å². The van der Waals surface area contributed by atoms with E-state index in [0.29, 0.717) is 16.7 Å². The number of benzene rings is 3. The summed E-state index contributed by atoms with van der Waals surface area (Å²) in [6.45, 7) is 2.09. The Bertz CT molecular complexity index is 932. The topological polar surface area (TPSA) is 21.3 Å². The molecule has 0 aromatic heterocycles. The van der Waals surface area contributed by atoms with Crippen LogP contribution in [0.15, 0.2) is 65.1 Å². The predicted molar refractivity (Wildman–Crippen MR) is 122 cm³/mol. The van der Waals surface area contributed by atoms with Gasteiger partial charge in [-0.05, 0) is 82.0 Å². The summed E-state index contributed by atoms with van der Waals surface area (Å²) >= 11 is 21.6. The molecule has 2 nitrogen and oxygen atoms in total. The molecule has 28 heavy (non-hydrogen) atoms. The smallest absolute Gasteiger partial charge is 0.134 e. The molecule has 0 aliphatic carbocycles. The Morgan fingerprint density at radius 1 is 0.821 bits per heavy atom. The standard InChI is InChI=1S/C22H19BrCl3NO/c23-20-11-16(13-27-10-9-17-4-7-19(25)12-21(17)26)3-8-22(20)28-14-15-1-5-18(24)6-2-15/h1-8,11-12,27H,9-10,13-14H2. The number of hydrogen-bond acceptors (Lipinski definition) is 2. The van der Waals surface area contributed by atoms with E-state index in [1.807, 2.05) is 42.5 Å². The summed E-state index contributed by atoms with van der Waals surface area (Å²) in [5.41, 5.74) is 3.33. The molecule has 6 heteroatoms. The van der Waals surface area contributed by atoms with Gasteiger partial charge in [0.2, 0.25) is 0 Å². The van der Waals surface area contributed by atoms with Crippen molar-refractivity contribution in [3.8, 4) is 5.75 Å². The predicted octanol–water partition coefficient (Wildman–Crippen LogP) is 7.32. The van der Waals surface area contributed by atoms with Gasteiger partial charge in [-0.25, -0.2) is 0 Å². The van der Waals surface area contributed by atoms with Gasteiger partial charge in [-0.3, -0.25) is 0 Å². The zero-order valence-electron chi connectivity index (χ0n) is 15.0. The maximum absolute atomic E-state index is 6.21. The molecule has 0 atom stereocenters. The Kier molecular flexibility index (Phi) is 8.07. The molecular weight excluding hydrogens is 481 g/mol. The van der Waals surface area contributed by atoms with Crippen molar-refractivity contribution in [2.45, 2.75) is 19.6 Å². The molecule has 3 aromatic carbocycles. The zero-order valence-corrected chi connectivity index (χ0v) is 18.9. The quantitative estimate of drug-likeness (QED) is 0.328. The van der Waals surface area contributed by atoms with E-state index in [0.717, 1.165) is 45.9 Å². The van der Waals surface area contributed by atoms with E-state index in [2.05, 4.69) is 33.4 Å². The van der Waals surface area contributed by atoms with E-state index in [4.69, 9.17) is 39.5 Å². The van der Waals surface area contributed by atoms with Crippen molar-refractivity contribution in [3.05, 3.63) is 96.9 Å². The van der Waals surface area contributed by atoms with Crippen LogP contribution in [0.3, 0.4) is 0 Å². The van der Waals surface area contributed by atoms with E-state index in [1.165, 1.54) is 5.56 Å². The van der Waals surface area contributed by atoms with Gasteiger partial charge in [0.25, 0.3) is 0 Å². The maximum Gasteiger partial charge on any atom is 0.134 e. The van der Waals surface area contributed by atoms with Crippen LogP contribution in [-0.2, 0) is 19.6 Å². The van der Waals surface area contributed by atoms with Crippen LogP contribution in [0.1, 0.15) is 16.7 Å². The molecule has 0 aliphatic heterocycles. The SMILES string of the molecule is Clc1ccc(COc2ccc(CNCCc3ccc(Cl)cc3Cl)cc2Br)cc1. The molecule has 3 aromatic rings. The Hall–Kier alpha value is -1.23. The van der Waals surface area contributed by atoms with Crippen LogP contribution in [0.5, 0.6) is 5.75 Å². The monoisotopic (exact) mass is 497 g/mol. The number of rotatable bonds is 8. The van der Waals surface area contributed by atoms with Crippen molar-refractivity contribution in [1.82, 2.24) is 5.32 Å². The van der Waals surface area contributed by atoms with Crippen LogP contribution in [0.4, 0.5) is 0 Å². The van der Waals surface area contributed by atoms with Crippen molar-refractivity contribution in [1.29, 1.82) is 0 Å². The molecule has 0 amide bonds. The van der Waals surface area contributed by atoms with Crippen LogP contribution in [0, 0.1) is 0 Å². The van der Waals surface area contributed by atoms with Gasteiger partial charge < -0.3 is 10.1 Å². The van der Waals surface area contributed by atoms with E-state index in [-0.39, 0.29) is 0 Å². The minimum Gasteiger partial charge on any atom is -0.488 e. The highest BCUT2D eigenvalue weighted by molar-refractivity contribution is 9.10. The third kappa shape index (κ3) is 6.40. The largest absolute Gasteiger partial charge is 0.488 e. The highest BCUT2D eigenvalue weighted by Gasteiger charge is 2.05. The fourth-order valence-corrected chi connectivity index (χ4v) is 3.86. The Morgan fingerprint density at radius 2 is 1.54 bits per heavy atom. The summed E-state index contributed by atoms with van der Waals surface area (Å²) in [7, 11) is 0. The number of halogens is 4. The maximum atomic E-state index is 6.21. The fraction of sp³-hybridized carbons (Fsp3) is 0.182. The molecule has 0 heterocycles. The second kappa shape index (κ2) is 10.5. The second-order valence-corrected chi connectivity index (χ2v) is 8.48. The number of hydrogen-bond donors (Lipinski definition) is 1. The summed E-state index contributed by atoms with van der Waals surface area (Å²) in [5.74, 6) is 0.812. The molecular formula is C22H19BrCl3NO. The van der Waals surface area contributed by atoms with Gasteiger partial charge in [0.15, 0.2) is 0 Å². The Labute approximate surface area is 188 Å². The molecule has 146 valence electrons. The average Bonchev–Trinajstić information content (AvgIpc) is 2.67. The lowest BCUT2D eigenvalue weighted by Gasteiger charge is -2.11. The number of ether oxygens (including phenoxy) is 1. The van der Waals surface area contributed by atoms with E-state index in [1.54, 1.807) is 6.07 Å². The third-order valence-corrected chi connectivity index (χ3v) is 5.68. The molecule has 3 rings (SSSR count). The zero-order chi connectivity index (χ0) is 19.9. The lowest BCUT2D eigenvalue weighted by molar-refractivity contribution is 0.304. The summed E-state index contributed by atoms with van der Waals surface area (Å²) in [4.78, 5) is 0. The molecule has 1 N–H and O–H groups in total. The van der Waals surface area contributed by atoms with E-state index < -0.39 is 0 Å². The third-order valence-electron chi connectivity index (χ3n) is 4.22. The van der Waals surface area contributed by atoms with E-state index in [9.17, 15) is 0 Å². The Balaban J connectivity index is 1.47. The van der Waals surface area contributed by atoms with Crippen molar-refractivity contribution in [2.75, 3.05) is 6.54 Å². The van der Waals surface area contributed by atoms with Gasteiger partial charge in [-0.15, -0.1) is 0 Å². The molecule has 0 spiro atoms. The lowest BCUT2D eigenvalue weighted by atomic mass is 10.1. The second-order valence-electron chi connectivity index (χ2n) is 6.34. The van der Waals surface area contributed by atoms with Crippen molar-refractivity contribution in [3.63, 3.8) is 0 Å². The van der Waals surface area contributed by atoms with Gasteiger partial charge >= 0.3 is 0 Å². The molecule has 0 saturated heterocycles. The highest BCUT2D eigenvalue weighted by Crippen LogP contribution is 2.27. The normalized spacial score (nSPS) is 10.9. The first-order valence-electron chi connectivity index (χ1n) is 8.81. The first-order chi connectivity index (χ1) is 13.5. The lowest BCUT2D eigenvalue weighted by Crippen LogP contribution is -2.16. The van der Waals surface area contributed by atoms with Crippen LogP contribution in [0.2, 0.25) is 15.1 Å². The van der Waals surface area contributed by atoms with Gasteiger partial charge in [-0.2, -0.15) is 0 Å². The molecule has 0 saturated carbocycles. The van der Waals surface area contributed by atoms with Crippen LogP contribution in [0.25, 0.3) is 0 Å². The fourth-order valence-electron chi connectivity index (χ4n) is 2.69. The summed E-state index contributed by atoms with van der Waals surface area (Å²) in [6, 6.07) is 19.4. The molecule has 0 bridgehead atoms. The minimum absolute atomic E-state index is 0.495. The number of nitrogens with one attached hydrogen (secondary N) is 1. The van der Waals surface area contributed by atoms with Gasteiger partial charge in [0, 0.05) is 21.6 Å². The first kappa shape index (κ1) is 21.5. The average molecular weight is 500 g/mol. The Morgan fingerprint density at radius 3 is 2.25 bits per heavy atom. The first-order valence-corrected chi connectivity index (χ1v) is 10.7. The van der Waals surface area contributed by atoms with Crippen LogP contribution >= 0.6 is 50.7 Å². The van der Waals surface area contributed by atoms with Crippen LogP contribution < -0.4 is 10.1 Å². The van der Waals surface area contributed by atoms with Gasteiger partial charge in [0.1, 0.15) is 12.4 Å². The van der Waals surface area contributed by atoms with E-state index >= 15 is 0 Å². The van der Waals surface area contributed by atoms with Crippen molar-refractivity contribution >= 4 is 50.7 Å². The molecule has 0 radical (unpaired) electrons. The van der Waals surface area contributed by atoms with Crippen molar-refractivity contribution in [2.24, 2.45) is 0 Å². The molecule has 0 unspecified atom stereocenters. The minimum atomic E-state index is 0.495. The summed E-state index contributed by atoms with van der Waals surface area (Å²) in [5, 5.41) is 5.52. The summed E-state index contributed by atoms with van der Waals surface area (Å²) < 4.78 is 6.82. The highest BCUT2D eigenvalue weighted by atomic mass is 79.9. The molecule has 0 fully saturated rings.